The maximum absolute atomic E-state index is 13.7. The summed E-state index contributed by atoms with van der Waals surface area (Å²) in [5.74, 6) is -0.247. The van der Waals surface area contributed by atoms with Crippen molar-refractivity contribution >= 4 is 56.6 Å². The molecule has 0 bridgehead atoms. The Morgan fingerprint density at radius 1 is 1.23 bits per heavy atom. The Balaban J connectivity index is 1.41. The van der Waals surface area contributed by atoms with Crippen molar-refractivity contribution in [3.05, 3.63) is 71.0 Å². The maximum Gasteiger partial charge on any atom is 0.312 e. The van der Waals surface area contributed by atoms with E-state index in [1.54, 1.807) is 15.9 Å². The van der Waals surface area contributed by atoms with Gasteiger partial charge in [0, 0.05) is 31.4 Å². The first-order valence-electron chi connectivity index (χ1n) is 10.8. The average Bonchev–Trinajstić information content (AvgIpc) is 3.63. The van der Waals surface area contributed by atoms with Crippen molar-refractivity contribution in [2.45, 2.75) is 21.3 Å². The van der Waals surface area contributed by atoms with Gasteiger partial charge in [-0.15, -0.1) is 10.2 Å². The van der Waals surface area contributed by atoms with Crippen molar-refractivity contribution in [3.8, 4) is 11.6 Å². The van der Waals surface area contributed by atoms with Gasteiger partial charge in [-0.25, -0.2) is 9.50 Å². The van der Waals surface area contributed by atoms with Crippen LogP contribution < -0.4 is 0 Å². The van der Waals surface area contributed by atoms with Crippen LogP contribution in [0.1, 0.15) is 47.1 Å². The molecule has 35 heavy (non-hydrogen) atoms. The molecule has 5 aromatic heterocycles. The average molecular weight is 695 g/mol. The molecule has 0 aliphatic carbocycles. The summed E-state index contributed by atoms with van der Waals surface area (Å²) in [7, 11) is 1.83. The zero-order valence-corrected chi connectivity index (χ0v) is 23.0. The highest BCUT2D eigenvalue weighted by molar-refractivity contribution is 14.2. The quantitative estimate of drug-likeness (QED) is 0.224. The van der Waals surface area contributed by atoms with E-state index in [9.17, 15) is 4.79 Å². The molecule has 6 rings (SSSR count). The van der Waals surface area contributed by atoms with Crippen LogP contribution >= 0.6 is 45.2 Å². The van der Waals surface area contributed by atoms with E-state index in [-0.39, 0.29) is 19.6 Å². The molecule has 0 saturated carbocycles. The normalized spacial score (nSPS) is 15.8. The van der Waals surface area contributed by atoms with Crippen molar-refractivity contribution < 1.29 is 9.21 Å². The summed E-state index contributed by atoms with van der Waals surface area (Å²) in [4.78, 5) is 23.1. The van der Waals surface area contributed by atoms with E-state index in [0.717, 1.165) is 34.0 Å². The molecule has 6 heterocycles. The van der Waals surface area contributed by atoms with Crippen LogP contribution in [0, 0.1) is 6.92 Å². The lowest BCUT2D eigenvalue weighted by molar-refractivity contribution is 0.0646. The van der Waals surface area contributed by atoms with E-state index in [4.69, 9.17) is 9.52 Å². The molecule has 0 radical (unpaired) electrons. The molecule has 1 aliphatic heterocycles. The van der Waals surface area contributed by atoms with Gasteiger partial charge in [-0.2, -0.15) is 10.2 Å². The number of rotatable bonds is 4. The highest BCUT2D eigenvalue weighted by atomic mass is 127. The second-order valence-corrected chi connectivity index (χ2v) is 13.2. The van der Waals surface area contributed by atoms with Crippen LogP contribution in [0.25, 0.3) is 17.1 Å². The number of alkyl halides is 2. The van der Waals surface area contributed by atoms with Crippen LogP contribution in [-0.2, 0) is 13.5 Å². The number of halogens is 2. The Hall–Kier alpha value is -2.82. The SMILES string of the molecule is Cc1cc(-c2nnc(C(=O)N3CCc4[nH]cnc4[C@@H]3c3cc4cccc(C(I)I)n4n3)o2)nn1C. The van der Waals surface area contributed by atoms with E-state index in [1.165, 1.54) is 0 Å². The topological polar surface area (TPSA) is 123 Å². The number of H-pyrrole nitrogens is 1. The van der Waals surface area contributed by atoms with E-state index in [0.29, 0.717) is 18.7 Å². The third-order valence-corrected chi connectivity index (χ3v) is 7.44. The van der Waals surface area contributed by atoms with Crippen LogP contribution in [0.3, 0.4) is 0 Å². The van der Waals surface area contributed by atoms with Crippen LogP contribution in [-0.4, -0.2) is 56.9 Å². The molecule has 0 saturated heterocycles. The predicted molar refractivity (Wildman–Crippen MR) is 142 cm³/mol. The van der Waals surface area contributed by atoms with Gasteiger partial charge in [-0.1, -0.05) is 51.2 Å². The van der Waals surface area contributed by atoms with Gasteiger partial charge in [0.15, 0.2) is 0 Å². The third kappa shape index (κ3) is 3.84. The monoisotopic (exact) mass is 695 g/mol. The molecule has 1 aliphatic rings. The van der Waals surface area contributed by atoms with Gasteiger partial charge in [-0.05, 0) is 31.2 Å². The number of aromatic amines is 1. The standard InChI is InChI=1S/C22H19I2N9O2/c1-11-8-15(29-31(11)2)20-27-28-21(35-20)22(34)32-7-6-13-17(26-10-25-13)18(32)14-9-12-4-3-5-16(19(23)24)33(12)30-14/h3-5,8-10,18-19H,6-7H2,1-2H3,(H,25,26)/t18-/m0/s1. The molecule has 1 N–H and O–H groups in total. The number of aromatic nitrogens is 8. The molecule has 0 spiro atoms. The summed E-state index contributed by atoms with van der Waals surface area (Å²) in [5, 5.41) is 17.4. The zero-order chi connectivity index (χ0) is 24.3. The Bertz CT molecular complexity index is 1540. The lowest BCUT2D eigenvalue weighted by atomic mass is 9.99. The fourth-order valence-corrected chi connectivity index (χ4v) is 5.29. The number of nitrogens with one attached hydrogen (secondary N) is 1. The number of hydrogen-bond acceptors (Lipinski definition) is 7. The molecule has 13 heteroatoms. The van der Waals surface area contributed by atoms with Crippen LogP contribution in [0.2, 0.25) is 0 Å². The van der Waals surface area contributed by atoms with Gasteiger partial charge in [-0.3, -0.25) is 9.48 Å². The zero-order valence-electron chi connectivity index (χ0n) is 18.7. The minimum atomic E-state index is -0.487. The molecule has 5 aromatic rings. The van der Waals surface area contributed by atoms with Crippen molar-refractivity contribution in [1.82, 2.24) is 44.5 Å². The number of carbonyl (C=O) groups is 1. The second-order valence-electron chi connectivity index (χ2n) is 8.28. The van der Waals surface area contributed by atoms with Crippen LogP contribution in [0.15, 0.2) is 41.1 Å². The highest BCUT2D eigenvalue weighted by Crippen LogP contribution is 2.36. The number of carbonyl (C=O) groups excluding carboxylic acids is 1. The molecular weight excluding hydrogens is 676 g/mol. The lowest BCUT2D eigenvalue weighted by Crippen LogP contribution is -2.41. The maximum atomic E-state index is 13.7. The van der Waals surface area contributed by atoms with Gasteiger partial charge >= 0.3 is 11.8 Å². The van der Waals surface area contributed by atoms with Crippen molar-refractivity contribution in [1.29, 1.82) is 0 Å². The van der Waals surface area contributed by atoms with E-state index in [1.807, 2.05) is 42.8 Å². The Kier molecular flexibility index (Phi) is 5.62. The minimum Gasteiger partial charge on any atom is -0.411 e. The lowest BCUT2D eigenvalue weighted by Gasteiger charge is -2.32. The molecular formula is C22H19I2N9O2. The molecule has 0 unspecified atom stereocenters. The van der Waals surface area contributed by atoms with Crippen molar-refractivity contribution in [2.24, 2.45) is 7.05 Å². The number of pyridine rings is 1. The number of imidazole rings is 1. The van der Waals surface area contributed by atoms with Gasteiger partial charge < -0.3 is 14.3 Å². The Morgan fingerprint density at radius 2 is 2.09 bits per heavy atom. The Labute approximate surface area is 226 Å². The van der Waals surface area contributed by atoms with E-state index < -0.39 is 6.04 Å². The van der Waals surface area contributed by atoms with Gasteiger partial charge in [0.1, 0.15) is 13.7 Å². The van der Waals surface area contributed by atoms with Crippen LogP contribution in [0.4, 0.5) is 0 Å². The molecule has 0 aromatic carbocycles. The van der Waals surface area contributed by atoms with E-state index in [2.05, 4.69) is 76.5 Å². The van der Waals surface area contributed by atoms with E-state index >= 15 is 0 Å². The number of hydrogen-bond donors (Lipinski definition) is 1. The summed E-state index contributed by atoms with van der Waals surface area (Å²) >= 11 is 4.72. The van der Waals surface area contributed by atoms with Gasteiger partial charge in [0.25, 0.3) is 5.89 Å². The summed E-state index contributed by atoms with van der Waals surface area (Å²) in [6.07, 6.45) is 2.30. The van der Waals surface area contributed by atoms with Gasteiger partial charge in [0.2, 0.25) is 0 Å². The predicted octanol–water partition coefficient (Wildman–Crippen LogP) is 3.81. The summed E-state index contributed by atoms with van der Waals surface area (Å²) in [6.45, 7) is 2.39. The number of amides is 1. The fraction of sp³-hybridized carbons (Fsp3) is 0.273. The first-order valence-corrected chi connectivity index (χ1v) is 13.3. The molecule has 1 amide bonds. The molecule has 0 fully saturated rings. The smallest absolute Gasteiger partial charge is 0.312 e. The van der Waals surface area contributed by atoms with Crippen LogP contribution in [0.5, 0.6) is 0 Å². The van der Waals surface area contributed by atoms with Crippen molar-refractivity contribution in [3.63, 3.8) is 0 Å². The first-order chi connectivity index (χ1) is 16.9. The minimum absolute atomic E-state index is 0.0867. The number of aryl methyl sites for hydroxylation is 2. The second kappa shape index (κ2) is 8.69. The fourth-order valence-electron chi connectivity index (χ4n) is 4.35. The number of nitrogens with zero attached hydrogens (tertiary/aromatic N) is 8. The largest absolute Gasteiger partial charge is 0.411 e. The van der Waals surface area contributed by atoms with Crippen molar-refractivity contribution in [2.75, 3.05) is 6.54 Å². The first kappa shape index (κ1) is 22.6. The van der Waals surface area contributed by atoms with Gasteiger partial charge in [0.05, 0.1) is 28.9 Å². The molecule has 11 nitrogen and oxygen atoms in total. The molecule has 1 atom stereocenters. The summed E-state index contributed by atoms with van der Waals surface area (Å²) in [6, 6.07) is 9.43. The Morgan fingerprint density at radius 3 is 2.86 bits per heavy atom. The highest BCUT2D eigenvalue weighted by Gasteiger charge is 2.38. The summed E-state index contributed by atoms with van der Waals surface area (Å²) < 4.78 is 9.65. The number of fused-ring (bicyclic) bond motifs is 2. The summed E-state index contributed by atoms with van der Waals surface area (Å²) in [5.41, 5.74) is 5.99. The molecule has 178 valence electrons. The third-order valence-electron chi connectivity index (χ3n) is 6.16.